The van der Waals surface area contributed by atoms with Gasteiger partial charge < -0.3 is 4.74 Å². The molecule has 0 fully saturated rings. The number of nitro benzene ring substituents is 1. The second-order valence-electron chi connectivity index (χ2n) is 3.18. The molecule has 0 saturated heterocycles. The van der Waals surface area contributed by atoms with Crippen molar-refractivity contribution in [2.24, 2.45) is 5.10 Å². The lowest BCUT2D eigenvalue weighted by molar-refractivity contribution is -0.384. The number of nitriles is 1. The van der Waals surface area contributed by atoms with Crippen LogP contribution in [-0.4, -0.2) is 23.2 Å². The molecule has 1 aromatic carbocycles. The molecule has 0 aliphatic rings. The lowest BCUT2D eigenvalue weighted by Gasteiger charge is -2.02. The number of esters is 1. The Morgan fingerprint density at radius 1 is 1.58 bits per heavy atom. The van der Waals surface area contributed by atoms with Crippen LogP contribution in [0.4, 0.5) is 11.4 Å². The standard InChI is InChI=1S/C11H10N4O4/c1-2-19-11(16)9(7-12)14-13-8-5-3-4-6-10(8)15(17)18/h3-6,13H,2H2,1H3/b14-9-. The van der Waals surface area contributed by atoms with Crippen molar-refractivity contribution >= 4 is 23.1 Å². The third kappa shape index (κ3) is 3.78. The molecule has 1 N–H and O–H groups in total. The van der Waals surface area contributed by atoms with Crippen molar-refractivity contribution in [3.8, 4) is 6.07 Å². The van der Waals surface area contributed by atoms with E-state index < -0.39 is 16.6 Å². The minimum absolute atomic E-state index is 0.0737. The summed E-state index contributed by atoms with van der Waals surface area (Å²) in [5.41, 5.74) is 1.65. The molecule has 98 valence electrons. The van der Waals surface area contributed by atoms with Gasteiger partial charge in [0.05, 0.1) is 11.5 Å². The molecule has 0 bridgehead atoms. The third-order valence-corrected chi connectivity index (χ3v) is 1.96. The van der Waals surface area contributed by atoms with Gasteiger partial charge in [0.25, 0.3) is 5.69 Å². The molecule has 19 heavy (non-hydrogen) atoms. The molecule has 1 rings (SSSR count). The molecule has 0 aliphatic carbocycles. The number of nitrogens with one attached hydrogen (secondary N) is 1. The first-order valence-corrected chi connectivity index (χ1v) is 5.24. The van der Waals surface area contributed by atoms with Crippen LogP contribution in [0.1, 0.15) is 6.92 Å². The monoisotopic (exact) mass is 262 g/mol. The van der Waals surface area contributed by atoms with E-state index in [1.165, 1.54) is 18.2 Å². The van der Waals surface area contributed by atoms with E-state index in [4.69, 9.17) is 5.26 Å². The number of para-hydroxylation sites is 2. The third-order valence-electron chi connectivity index (χ3n) is 1.96. The summed E-state index contributed by atoms with van der Waals surface area (Å²) in [5.74, 6) is -0.893. The molecule has 0 atom stereocenters. The second kappa shape index (κ2) is 6.70. The van der Waals surface area contributed by atoms with Crippen molar-refractivity contribution in [1.29, 1.82) is 5.26 Å². The van der Waals surface area contributed by atoms with Crippen LogP contribution in [0, 0.1) is 21.4 Å². The van der Waals surface area contributed by atoms with Gasteiger partial charge in [-0.3, -0.25) is 15.5 Å². The number of nitrogens with zero attached hydrogens (tertiary/aromatic N) is 3. The Morgan fingerprint density at radius 2 is 2.26 bits per heavy atom. The molecule has 0 amide bonds. The topological polar surface area (TPSA) is 118 Å². The highest BCUT2D eigenvalue weighted by molar-refractivity contribution is 6.43. The lowest BCUT2D eigenvalue weighted by Crippen LogP contribution is -2.17. The van der Waals surface area contributed by atoms with E-state index in [1.807, 2.05) is 0 Å². The van der Waals surface area contributed by atoms with E-state index in [-0.39, 0.29) is 18.0 Å². The highest BCUT2D eigenvalue weighted by atomic mass is 16.6. The summed E-state index contributed by atoms with van der Waals surface area (Å²) in [6, 6.07) is 7.27. The van der Waals surface area contributed by atoms with Gasteiger partial charge in [-0.2, -0.15) is 10.4 Å². The van der Waals surface area contributed by atoms with Crippen LogP contribution in [0.3, 0.4) is 0 Å². The van der Waals surface area contributed by atoms with Crippen LogP contribution in [0.25, 0.3) is 0 Å². The molecule has 8 nitrogen and oxygen atoms in total. The zero-order valence-electron chi connectivity index (χ0n) is 9.99. The zero-order chi connectivity index (χ0) is 14.3. The molecular weight excluding hydrogens is 252 g/mol. The average molecular weight is 262 g/mol. The van der Waals surface area contributed by atoms with Crippen LogP contribution < -0.4 is 5.43 Å². The summed E-state index contributed by atoms with van der Waals surface area (Å²) < 4.78 is 4.59. The predicted octanol–water partition coefficient (Wildman–Crippen LogP) is 1.45. The Hall–Kier alpha value is -2.95. The number of nitro groups is 1. The van der Waals surface area contributed by atoms with Crippen molar-refractivity contribution in [1.82, 2.24) is 0 Å². The Morgan fingerprint density at radius 3 is 2.84 bits per heavy atom. The van der Waals surface area contributed by atoms with Crippen LogP contribution >= 0.6 is 0 Å². The minimum atomic E-state index is -0.893. The lowest BCUT2D eigenvalue weighted by atomic mass is 10.3. The zero-order valence-corrected chi connectivity index (χ0v) is 9.99. The molecular formula is C11H10N4O4. The number of benzene rings is 1. The molecule has 0 unspecified atom stereocenters. The van der Waals surface area contributed by atoms with Gasteiger partial charge in [-0.25, -0.2) is 4.79 Å². The molecule has 0 radical (unpaired) electrons. The van der Waals surface area contributed by atoms with Crippen molar-refractivity contribution in [2.45, 2.75) is 6.92 Å². The van der Waals surface area contributed by atoms with E-state index in [1.54, 1.807) is 19.1 Å². The van der Waals surface area contributed by atoms with E-state index in [2.05, 4.69) is 15.3 Å². The normalized spacial score (nSPS) is 10.4. The summed E-state index contributed by atoms with van der Waals surface area (Å²) in [6.45, 7) is 1.69. The number of hydrazone groups is 1. The number of hydrogen-bond donors (Lipinski definition) is 1. The van der Waals surface area contributed by atoms with Gasteiger partial charge in [-0.05, 0) is 13.0 Å². The summed E-state index contributed by atoms with van der Waals surface area (Å²) in [4.78, 5) is 21.4. The van der Waals surface area contributed by atoms with E-state index in [9.17, 15) is 14.9 Å². The van der Waals surface area contributed by atoms with Crippen LogP contribution in [0.5, 0.6) is 0 Å². The molecule has 1 aromatic rings. The first-order valence-electron chi connectivity index (χ1n) is 5.24. The maximum atomic E-state index is 11.3. The maximum Gasteiger partial charge on any atom is 0.369 e. The molecule has 0 saturated carbocycles. The molecule has 0 heterocycles. The first-order chi connectivity index (χ1) is 9.10. The SMILES string of the molecule is CCOC(=O)/C(C#N)=N\Nc1ccccc1[N+](=O)[O-]. The van der Waals surface area contributed by atoms with Crippen molar-refractivity contribution in [2.75, 3.05) is 12.0 Å². The predicted molar refractivity (Wildman–Crippen MR) is 66.4 cm³/mol. The van der Waals surface area contributed by atoms with Gasteiger partial charge in [-0.1, -0.05) is 12.1 Å². The van der Waals surface area contributed by atoms with Crippen LogP contribution in [-0.2, 0) is 9.53 Å². The molecule has 8 heteroatoms. The van der Waals surface area contributed by atoms with Gasteiger partial charge >= 0.3 is 5.97 Å². The summed E-state index contributed by atoms with van der Waals surface area (Å²) >= 11 is 0. The fourth-order valence-corrected chi connectivity index (χ4v) is 1.16. The highest BCUT2D eigenvalue weighted by Gasteiger charge is 2.15. The fourth-order valence-electron chi connectivity index (χ4n) is 1.16. The van der Waals surface area contributed by atoms with Gasteiger partial charge in [0, 0.05) is 6.07 Å². The van der Waals surface area contributed by atoms with E-state index in [0.717, 1.165) is 0 Å². The van der Waals surface area contributed by atoms with Gasteiger partial charge in [0.1, 0.15) is 11.8 Å². The highest BCUT2D eigenvalue weighted by Crippen LogP contribution is 2.22. The van der Waals surface area contributed by atoms with E-state index >= 15 is 0 Å². The van der Waals surface area contributed by atoms with Gasteiger partial charge in [0.15, 0.2) is 0 Å². The molecule has 0 aliphatic heterocycles. The summed E-state index contributed by atoms with van der Waals surface area (Å²) in [5, 5.41) is 23.0. The minimum Gasteiger partial charge on any atom is -0.461 e. The van der Waals surface area contributed by atoms with Crippen molar-refractivity contribution in [3.05, 3.63) is 34.4 Å². The number of rotatable bonds is 5. The number of hydrogen-bond acceptors (Lipinski definition) is 7. The quantitative estimate of drug-likeness (QED) is 0.371. The van der Waals surface area contributed by atoms with Crippen LogP contribution in [0.15, 0.2) is 29.4 Å². The number of carbonyl (C=O) groups excluding carboxylic acids is 1. The second-order valence-corrected chi connectivity index (χ2v) is 3.18. The first kappa shape index (κ1) is 14.1. The Kier molecular flexibility index (Phi) is 4.98. The van der Waals surface area contributed by atoms with Crippen LogP contribution in [0.2, 0.25) is 0 Å². The number of ether oxygens (including phenoxy) is 1. The van der Waals surface area contributed by atoms with E-state index in [0.29, 0.717) is 0 Å². The number of anilines is 1. The smallest absolute Gasteiger partial charge is 0.369 e. The molecule has 0 spiro atoms. The van der Waals surface area contributed by atoms with Gasteiger partial charge in [0.2, 0.25) is 5.71 Å². The summed E-state index contributed by atoms with van der Waals surface area (Å²) in [6.07, 6.45) is 0. The average Bonchev–Trinajstić information content (AvgIpc) is 2.40. The maximum absolute atomic E-state index is 11.3. The Labute approximate surface area is 108 Å². The molecule has 0 aromatic heterocycles. The fraction of sp³-hybridized carbons (Fsp3) is 0.182. The largest absolute Gasteiger partial charge is 0.461 e. The van der Waals surface area contributed by atoms with Crippen molar-refractivity contribution < 1.29 is 14.5 Å². The van der Waals surface area contributed by atoms with Crippen molar-refractivity contribution in [3.63, 3.8) is 0 Å². The van der Waals surface area contributed by atoms with Gasteiger partial charge in [-0.15, -0.1) is 0 Å². The Balaban J connectivity index is 2.94. The Bertz CT molecular complexity index is 562. The summed E-state index contributed by atoms with van der Waals surface area (Å²) in [7, 11) is 0. The number of carbonyl (C=O) groups is 1.